The summed E-state index contributed by atoms with van der Waals surface area (Å²) in [6.45, 7) is -0.330. The molecule has 176 valence electrons. The third-order valence-electron chi connectivity index (χ3n) is 8.83. The van der Waals surface area contributed by atoms with E-state index in [9.17, 15) is 26.4 Å². The number of rotatable bonds is 7. The normalized spacial score (nSPS) is 40.7. The Bertz CT molecular complexity index is 1480. The summed E-state index contributed by atoms with van der Waals surface area (Å²) in [5.74, 6) is 0.427. The van der Waals surface area contributed by atoms with Gasteiger partial charge in [-0.3, -0.25) is 8.37 Å². The zero-order chi connectivity index (χ0) is 23.3. The van der Waals surface area contributed by atoms with Crippen molar-refractivity contribution in [3.63, 3.8) is 0 Å². The molecule has 4 aliphatic carbocycles. The molecule has 0 radical (unpaired) electrons. The molecule has 8 atom stereocenters. The Morgan fingerprint density at radius 2 is 1.24 bits per heavy atom. The smallest absolute Gasteiger partial charge is 0.270 e. The minimum Gasteiger partial charge on any atom is -0.270 e. The van der Waals surface area contributed by atoms with Crippen molar-refractivity contribution >= 4 is 20.2 Å². The van der Waals surface area contributed by atoms with Crippen molar-refractivity contribution in [2.24, 2.45) is 34.5 Å². The first kappa shape index (κ1) is 20.2. The van der Waals surface area contributed by atoms with Gasteiger partial charge in [-0.05, 0) is 35.8 Å². The average Bonchev–Trinajstić information content (AvgIpc) is 3.48. The van der Waals surface area contributed by atoms with E-state index in [4.69, 9.17) is 8.37 Å². The van der Waals surface area contributed by atoms with Gasteiger partial charge in [-0.2, -0.15) is 16.8 Å². The van der Waals surface area contributed by atoms with Crippen molar-refractivity contribution in [2.45, 2.75) is 12.1 Å². The molecule has 0 amide bonds. The Balaban J connectivity index is 1.44. The molecule has 2 unspecified atom stereocenters. The van der Waals surface area contributed by atoms with Gasteiger partial charge >= 0.3 is 11.4 Å². The maximum Gasteiger partial charge on any atom is 0.352 e. The number of hydrogen-bond donors (Lipinski definition) is 0. The van der Waals surface area contributed by atoms with Crippen molar-refractivity contribution < 1.29 is 25.2 Å². The number of aromatic nitrogens is 3. The summed E-state index contributed by atoms with van der Waals surface area (Å²) in [6.07, 6.45) is 1.93. The van der Waals surface area contributed by atoms with Crippen molar-refractivity contribution in [3.05, 3.63) is 51.3 Å². The molecule has 0 saturated heterocycles. The first-order valence-corrected chi connectivity index (χ1v) is 14.3. The van der Waals surface area contributed by atoms with Crippen LogP contribution in [0.2, 0.25) is 0 Å². The molecule has 6 aliphatic rings. The van der Waals surface area contributed by atoms with E-state index in [1.165, 1.54) is 9.36 Å². The summed E-state index contributed by atoms with van der Waals surface area (Å²) in [4.78, 5) is 27.1. The van der Waals surface area contributed by atoms with Crippen molar-refractivity contribution in [1.82, 2.24) is 13.9 Å². The minimum absolute atomic E-state index is 0.0603. The Kier molecular flexibility index (Phi) is 3.38. The highest BCUT2D eigenvalue weighted by Gasteiger charge is 3.03. The molecule has 13 heteroatoms. The summed E-state index contributed by atoms with van der Waals surface area (Å²) in [5, 5.41) is 0. The Morgan fingerprint density at radius 1 is 0.788 bits per heavy atom. The largest absolute Gasteiger partial charge is 0.352 e. The third kappa shape index (κ3) is 2.09. The molecule has 4 fully saturated rings. The van der Waals surface area contributed by atoms with E-state index < -0.39 is 54.5 Å². The SMILES string of the molecule is CS(=O)(=O)OC[C@@]12C3C4[C@@H]5[C@H]4[C@H](n4c(=O)n(-c6ccccc6)c(=O)n4[C@@H]51)[C@@]32COS(C)(=O)=O. The lowest BCUT2D eigenvalue weighted by Gasteiger charge is -2.47. The predicted octanol–water partition coefficient (Wildman–Crippen LogP) is -0.659. The summed E-state index contributed by atoms with van der Waals surface area (Å²) in [6, 6.07) is 7.71. The van der Waals surface area contributed by atoms with E-state index in [-0.39, 0.29) is 36.9 Å². The summed E-state index contributed by atoms with van der Waals surface area (Å²) in [5.41, 5.74) is -2.05. The van der Waals surface area contributed by atoms with E-state index in [1.807, 2.05) is 0 Å². The van der Waals surface area contributed by atoms with Crippen LogP contribution in [0.3, 0.4) is 0 Å². The summed E-state index contributed by atoms with van der Waals surface area (Å²) >= 11 is 0. The summed E-state index contributed by atoms with van der Waals surface area (Å²) < 4.78 is 62.1. The molecule has 2 bridgehead atoms. The summed E-state index contributed by atoms with van der Waals surface area (Å²) in [7, 11) is -7.54. The molecular weight excluding hydrogens is 474 g/mol. The van der Waals surface area contributed by atoms with Crippen LogP contribution < -0.4 is 11.4 Å². The number of hydrogen-bond acceptors (Lipinski definition) is 8. The van der Waals surface area contributed by atoms with Crippen LogP contribution in [0.4, 0.5) is 0 Å². The van der Waals surface area contributed by atoms with Gasteiger partial charge in [-0.15, -0.1) is 0 Å². The molecule has 8 rings (SSSR count). The van der Waals surface area contributed by atoms with E-state index in [2.05, 4.69) is 0 Å². The molecule has 4 saturated carbocycles. The molecule has 0 N–H and O–H groups in total. The van der Waals surface area contributed by atoms with Gasteiger partial charge in [-0.1, -0.05) is 18.2 Å². The van der Waals surface area contributed by atoms with Gasteiger partial charge in [0.2, 0.25) is 0 Å². The lowest BCUT2D eigenvalue weighted by atomic mass is 9.72. The second-order valence-corrected chi connectivity index (χ2v) is 13.3. The van der Waals surface area contributed by atoms with Gasteiger partial charge in [-0.25, -0.2) is 23.5 Å². The molecule has 0 spiro atoms. The van der Waals surface area contributed by atoms with Crippen molar-refractivity contribution in [2.75, 3.05) is 25.7 Å². The standard InChI is InChI=1S/C20H21N3O8S2/c1-32(26,27)30-8-19-14-11-12-13(11)16(20(14,19)9-31-33(2,28)29)23-18(25)21(10-6-4-3-5-7-10)17(24)22(23)15(12)19/h3-7,11-16H,8-9H2,1-2H3/t11?,12-,13+,14?,15-,16-,19+,20+/m0/s1. The number of para-hydroxylation sites is 1. The average molecular weight is 496 g/mol. The minimum atomic E-state index is -3.77. The van der Waals surface area contributed by atoms with Crippen LogP contribution in [-0.4, -0.2) is 56.5 Å². The highest BCUT2D eigenvalue weighted by Crippen LogP contribution is 3.02. The van der Waals surface area contributed by atoms with Crippen LogP contribution in [0.25, 0.3) is 5.69 Å². The second-order valence-electron chi connectivity index (χ2n) is 10.0. The van der Waals surface area contributed by atoms with Crippen LogP contribution in [0.15, 0.2) is 39.9 Å². The molecule has 1 aromatic carbocycles. The molecular formula is C20H21N3O8S2. The topological polar surface area (TPSA) is 136 Å². The zero-order valence-corrected chi connectivity index (χ0v) is 19.3. The molecule has 2 aliphatic heterocycles. The first-order chi connectivity index (χ1) is 15.5. The maximum atomic E-state index is 13.5. The van der Waals surface area contributed by atoms with Crippen LogP contribution in [0.1, 0.15) is 12.1 Å². The van der Waals surface area contributed by atoms with Crippen molar-refractivity contribution in [3.8, 4) is 5.69 Å². The molecule has 33 heavy (non-hydrogen) atoms. The Morgan fingerprint density at radius 3 is 1.67 bits per heavy atom. The van der Waals surface area contributed by atoms with Gasteiger partial charge in [0.15, 0.2) is 0 Å². The fourth-order valence-electron chi connectivity index (χ4n) is 8.21. The van der Waals surface area contributed by atoms with E-state index in [0.717, 1.165) is 17.1 Å². The fourth-order valence-corrected chi connectivity index (χ4v) is 9.03. The van der Waals surface area contributed by atoms with Crippen LogP contribution in [0.5, 0.6) is 0 Å². The lowest BCUT2D eigenvalue weighted by molar-refractivity contribution is -0.0383. The van der Waals surface area contributed by atoms with Gasteiger partial charge in [0.05, 0.1) is 43.5 Å². The monoisotopic (exact) mass is 495 g/mol. The Hall–Kier alpha value is -2.22. The maximum absolute atomic E-state index is 13.5. The fraction of sp³-hybridized carbons (Fsp3) is 0.600. The van der Waals surface area contributed by atoms with E-state index >= 15 is 0 Å². The first-order valence-electron chi connectivity index (χ1n) is 10.7. The lowest BCUT2D eigenvalue weighted by Crippen LogP contribution is -2.55. The van der Waals surface area contributed by atoms with Crippen molar-refractivity contribution in [1.29, 1.82) is 0 Å². The van der Waals surface area contributed by atoms with Gasteiger partial charge in [0.1, 0.15) is 0 Å². The quantitative estimate of drug-likeness (QED) is 0.462. The van der Waals surface area contributed by atoms with Crippen LogP contribution in [-0.2, 0) is 28.6 Å². The van der Waals surface area contributed by atoms with Gasteiger partial charge in [0.25, 0.3) is 20.2 Å². The molecule has 1 aromatic heterocycles. The zero-order valence-electron chi connectivity index (χ0n) is 17.7. The molecule has 2 aromatic rings. The van der Waals surface area contributed by atoms with Crippen LogP contribution >= 0.6 is 0 Å². The third-order valence-corrected chi connectivity index (χ3v) is 9.92. The van der Waals surface area contributed by atoms with E-state index in [1.54, 1.807) is 30.3 Å². The van der Waals surface area contributed by atoms with E-state index in [0.29, 0.717) is 5.69 Å². The highest BCUT2D eigenvalue weighted by atomic mass is 32.2. The van der Waals surface area contributed by atoms with Crippen LogP contribution in [0, 0.1) is 34.5 Å². The molecule has 3 heterocycles. The number of benzene rings is 1. The van der Waals surface area contributed by atoms with Gasteiger partial charge in [0, 0.05) is 10.8 Å². The van der Waals surface area contributed by atoms with Gasteiger partial charge < -0.3 is 0 Å². The highest BCUT2D eigenvalue weighted by molar-refractivity contribution is 7.86. The molecule has 11 nitrogen and oxygen atoms in total. The second kappa shape index (κ2) is 5.53. The predicted molar refractivity (Wildman–Crippen MR) is 113 cm³/mol. The Labute approximate surface area is 188 Å². The number of nitrogens with zero attached hydrogens (tertiary/aromatic N) is 3.